The highest BCUT2D eigenvalue weighted by Crippen LogP contribution is 2.29. The van der Waals surface area contributed by atoms with Crippen LogP contribution in [0.25, 0.3) is 0 Å². The summed E-state index contributed by atoms with van der Waals surface area (Å²) < 4.78 is 37.2. The van der Waals surface area contributed by atoms with E-state index < -0.39 is 17.8 Å². The van der Waals surface area contributed by atoms with Crippen molar-refractivity contribution in [3.8, 4) is 0 Å². The Morgan fingerprint density at radius 2 is 1.29 bits per heavy atom. The van der Waals surface area contributed by atoms with Gasteiger partial charge in [0.05, 0.1) is 5.56 Å². The molecular formula is C14H12F3N3O. The molecule has 2 aromatic carbocycles. The maximum Gasteiger partial charge on any atom is 0.416 e. The second-order valence-corrected chi connectivity index (χ2v) is 4.28. The molecule has 0 aliphatic rings. The Bertz CT molecular complexity index is 621. The number of rotatable bonds is 2. The highest BCUT2D eigenvalue weighted by Gasteiger charge is 2.29. The number of nitrogens with one attached hydrogen (secondary N) is 2. The molecule has 0 unspecified atom stereocenters. The lowest BCUT2D eigenvalue weighted by molar-refractivity contribution is -0.137. The van der Waals surface area contributed by atoms with E-state index in [1.54, 1.807) is 24.3 Å². The summed E-state index contributed by atoms with van der Waals surface area (Å²) in [5.74, 6) is 0. The summed E-state index contributed by atoms with van der Waals surface area (Å²) in [5.41, 5.74) is 6.08. The van der Waals surface area contributed by atoms with Crippen molar-refractivity contribution in [2.75, 3.05) is 16.4 Å². The van der Waals surface area contributed by atoms with Crippen LogP contribution in [0.3, 0.4) is 0 Å². The normalized spacial score (nSPS) is 11.0. The predicted octanol–water partition coefficient (Wildman–Crippen LogP) is 3.93. The zero-order chi connectivity index (χ0) is 15.5. The number of carbonyl (C=O) groups is 1. The molecule has 21 heavy (non-hydrogen) atoms. The lowest BCUT2D eigenvalue weighted by Crippen LogP contribution is -2.19. The molecule has 0 bridgehead atoms. The van der Waals surface area contributed by atoms with Crippen LogP contribution >= 0.6 is 0 Å². The van der Waals surface area contributed by atoms with Gasteiger partial charge in [0, 0.05) is 17.1 Å². The first-order valence-electron chi connectivity index (χ1n) is 5.95. The number of halogens is 3. The molecule has 0 fully saturated rings. The van der Waals surface area contributed by atoms with Gasteiger partial charge in [0.25, 0.3) is 0 Å². The Kier molecular flexibility index (Phi) is 4.02. The molecule has 0 aromatic heterocycles. The van der Waals surface area contributed by atoms with E-state index in [9.17, 15) is 18.0 Å². The van der Waals surface area contributed by atoms with Gasteiger partial charge >= 0.3 is 12.2 Å². The summed E-state index contributed by atoms with van der Waals surface area (Å²) in [6.45, 7) is 0. The van der Waals surface area contributed by atoms with Crippen molar-refractivity contribution in [1.29, 1.82) is 0 Å². The van der Waals surface area contributed by atoms with Crippen LogP contribution in [0.1, 0.15) is 5.56 Å². The maximum atomic E-state index is 12.4. The van der Waals surface area contributed by atoms with Crippen molar-refractivity contribution >= 4 is 23.1 Å². The molecule has 7 heteroatoms. The number of carbonyl (C=O) groups excluding carboxylic acids is 1. The molecule has 110 valence electrons. The summed E-state index contributed by atoms with van der Waals surface area (Å²) in [7, 11) is 0. The van der Waals surface area contributed by atoms with Crippen molar-refractivity contribution in [3.63, 3.8) is 0 Å². The molecule has 4 N–H and O–H groups in total. The van der Waals surface area contributed by atoms with Gasteiger partial charge in [-0.2, -0.15) is 13.2 Å². The molecule has 2 amide bonds. The SMILES string of the molecule is Nc1ccc(NC(=O)Nc2ccc(C(F)(F)F)cc2)cc1. The minimum atomic E-state index is -4.40. The van der Waals surface area contributed by atoms with Gasteiger partial charge in [0.15, 0.2) is 0 Å². The van der Waals surface area contributed by atoms with E-state index in [4.69, 9.17) is 5.73 Å². The Morgan fingerprint density at radius 3 is 1.71 bits per heavy atom. The molecule has 2 rings (SSSR count). The topological polar surface area (TPSA) is 67.1 Å². The average molecular weight is 295 g/mol. The van der Waals surface area contributed by atoms with Gasteiger partial charge in [-0.1, -0.05) is 0 Å². The van der Waals surface area contributed by atoms with E-state index in [2.05, 4.69) is 10.6 Å². The van der Waals surface area contributed by atoms with Crippen molar-refractivity contribution in [2.45, 2.75) is 6.18 Å². The first kappa shape index (κ1) is 14.7. The number of hydrogen-bond donors (Lipinski definition) is 3. The summed E-state index contributed by atoms with van der Waals surface area (Å²) in [5, 5.41) is 4.97. The van der Waals surface area contributed by atoms with Crippen LogP contribution in [0.15, 0.2) is 48.5 Å². The average Bonchev–Trinajstić information content (AvgIpc) is 2.41. The van der Waals surface area contributed by atoms with Crippen LogP contribution in [0.2, 0.25) is 0 Å². The van der Waals surface area contributed by atoms with Gasteiger partial charge in [-0.25, -0.2) is 4.79 Å². The van der Waals surface area contributed by atoms with E-state index >= 15 is 0 Å². The molecule has 0 saturated carbocycles. The Labute approximate surface area is 118 Å². The van der Waals surface area contributed by atoms with E-state index in [1.807, 2.05) is 0 Å². The molecule has 2 aromatic rings. The van der Waals surface area contributed by atoms with Gasteiger partial charge in [-0.15, -0.1) is 0 Å². The fourth-order valence-corrected chi connectivity index (χ4v) is 1.60. The van der Waals surface area contributed by atoms with Crippen LogP contribution in [-0.2, 0) is 6.18 Å². The molecule has 0 aliphatic carbocycles. The lowest BCUT2D eigenvalue weighted by atomic mass is 10.2. The predicted molar refractivity (Wildman–Crippen MR) is 74.9 cm³/mol. The zero-order valence-corrected chi connectivity index (χ0v) is 10.7. The molecule has 0 heterocycles. The quantitative estimate of drug-likeness (QED) is 0.735. The molecule has 0 saturated heterocycles. The largest absolute Gasteiger partial charge is 0.416 e. The summed E-state index contributed by atoms with van der Waals surface area (Å²) in [6.07, 6.45) is -4.40. The summed E-state index contributed by atoms with van der Waals surface area (Å²) in [6, 6.07) is 10.1. The number of alkyl halides is 3. The lowest BCUT2D eigenvalue weighted by Gasteiger charge is -2.10. The number of anilines is 3. The third-order valence-corrected chi connectivity index (χ3v) is 2.64. The maximum absolute atomic E-state index is 12.4. The minimum Gasteiger partial charge on any atom is -0.399 e. The van der Waals surface area contributed by atoms with E-state index in [0.29, 0.717) is 11.4 Å². The van der Waals surface area contributed by atoms with Gasteiger partial charge < -0.3 is 16.4 Å². The van der Waals surface area contributed by atoms with E-state index in [1.165, 1.54) is 12.1 Å². The van der Waals surface area contributed by atoms with Crippen molar-refractivity contribution in [2.24, 2.45) is 0 Å². The monoisotopic (exact) mass is 295 g/mol. The fraction of sp³-hybridized carbons (Fsp3) is 0.0714. The number of urea groups is 1. The molecular weight excluding hydrogens is 283 g/mol. The van der Waals surface area contributed by atoms with E-state index in [-0.39, 0.29) is 5.69 Å². The number of nitrogens with two attached hydrogens (primary N) is 1. The number of hydrogen-bond acceptors (Lipinski definition) is 2. The molecule has 4 nitrogen and oxygen atoms in total. The zero-order valence-electron chi connectivity index (χ0n) is 10.7. The smallest absolute Gasteiger partial charge is 0.399 e. The van der Waals surface area contributed by atoms with Gasteiger partial charge in [0.2, 0.25) is 0 Å². The highest BCUT2D eigenvalue weighted by molar-refractivity contribution is 5.99. The second-order valence-electron chi connectivity index (χ2n) is 4.28. The molecule has 0 atom stereocenters. The van der Waals surface area contributed by atoms with Crippen molar-refractivity contribution in [3.05, 3.63) is 54.1 Å². The third kappa shape index (κ3) is 4.13. The molecule has 0 radical (unpaired) electrons. The van der Waals surface area contributed by atoms with Crippen LogP contribution in [0, 0.1) is 0 Å². The Hall–Kier alpha value is -2.70. The summed E-state index contributed by atoms with van der Waals surface area (Å²) in [4.78, 5) is 11.7. The summed E-state index contributed by atoms with van der Waals surface area (Å²) >= 11 is 0. The first-order valence-corrected chi connectivity index (χ1v) is 5.95. The minimum absolute atomic E-state index is 0.260. The van der Waals surface area contributed by atoms with Crippen LogP contribution in [-0.4, -0.2) is 6.03 Å². The second kappa shape index (κ2) is 5.74. The van der Waals surface area contributed by atoms with Gasteiger partial charge in [-0.3, -0.25) is 0 Å². The molecule has 0 spiro atoms. The number of amides is 2. The third-order valence-electron chi connectivity index (χ3n) is 2.64. The number of nitrogen functional groups attached to an aromatic ring is 1. The number of benzene rings is 2. The Morgan fingerprint density at radius 1 is 0.857 bits per heavy atom. The van der Waals surface area contributed by atoms with Gasteiger partial charge in [0.1, 0.15) is 0 Å². The van der Waals surface area contributed by atoms with Crippen LogP contribution in [0.4, 0.5) is 35.0 Å². The highest BCUT2D eigenvalue weighted by atomic mass is 19.4. The Balaban J connectivity index is 1.98. The van der Waals surface area contributed by atoms with Crippen molar-refractivity contribution < 1.29 is 18.0 Å². The first-order chi connectivity index (χ1) is 9.84. The fourth-order valence-electron chi connectivity index (χ4n) is 1.60. The molecule has 0 aliphatic heterocycles. The van der Waals surface area contributed by atoms with Gasteiger partial charge in [-0.05, 0) is 48.5 Å². The standard InChI is InChI=1S/C14H12F3N3O/c15-14(16,17)9-1-5-11(6-2-9)19-13(21)20-12-7-3-10(18)4-8-12/h1-8H,18H2,(H2,19,20,21). The van der Waals surface area contributed by atoms with Crippen LogP contribution < -0.4 is 16.4 Å². The van der Waals surface area contributed by atoms with Crippen LogP contribution in [0.5, 0.6) is 0 Å². The van der Waals surface area contributed by atoms with Crippen molar-refractivity contribution in [1.82, 2.24) is 0 Å². The van der Waals surface area contributed by atoms with E-state index in [0.717, 1.165) is 12.1 Å².